The molecule has 1 N–H and O–H groups in total. The van der Waals surface area contributed by atoms with Gasteiger partial charge in [-0.3, -0.25) is 23.4 Å². The zero-order valence-electron chi connectivity index (χ0n) is 18.7. The lowest BCUT2D eigenvalue weighted by Gasteiger charge is -2.13. The summed E-state index contributed by atoms with van der Waals surface area (Å²) in [6, 6.07) is 10.7. The molecule has 33 heavy (non-hydrogen) atoms. The number of nitrogens with one attached hydrogen (secondary N) is 1. The molecule has 0 fully saturated rings. The highest BCUT2D eigenvalue weighted by molar-refractivity contribution is 5.81. The van der Waals surface area contributed by atoms with Crippen molar-refractivity contribution in [2.45, 2.75) is 40.0 Å². The number of ether oxygens (including phenoxy) is 1. The summed E-state index contributed by atoms with van der Waals surface area (Å²) in [5.74, 6) is 0.825. The molecule has 1 amide bonds. The zero-order chi connectivity index (χ0) is 23.5. The predicted octanol–water partition coefficient (Wildman–Crippen LogP) is 1.65. The molecule has 0 aliphatic rings. The molecule has 0 aliphatic carbocycles. The Labute approximate surface area is 189 Å². The first-order valence-electron chi connectivity index (χ1n) is 10.6. The number of nitrogens with zero attached hydrogens (tertiary/aromatic N) is 4. The molecular weight excluding hydrogens is 426 g/mol. The summed E-state index contributed by atoms with van der Waals surface area (Å²) in [4.78, 5) is 39.3. The van der Waals surface area contributed by atoms with Crippen LogP contribution in [0.25, 0.3) is 11.0 Å². The van der Waals surface area contributed by atoms with Crippen LogP contribution in [0.1, 0.15) is 23.9 Å². The van der Waals surface area contributed by atoms with Crippen molar-refractivity contribution in [2.75, 3.05) is 7.11 Å². The van der Waals surface area contributed by atoms with Crippen molar-refractivity contribution in [1.29, 1.82) is 0 Å². The van der Waals surface area contributed by atoms with E-state index in [-0.39, 0.29) is 24.5 Å². The maximum atomic E-state index is 13.3. The fraction of sp³-hybridized carbons (Fsp3) is 0.304. The molecule has 0 unspecified atom stereocenters. The Morgan fingerprint density at radius 2 is 1.88 bits per heavy atom. The molecule has 172 valence electrons. The van der Waals surface area contributed by atoms with Crippen LogP contribution in [0.3, 0.4) is 0 Å². The zero-order valence-corrected chi connectivity index (χ0v) is 18.7. The third-order valence-electron chi connectivity index (χ3n) is 5.42. The minimum Gasteiger partial charge on any atom is -0.497 e. The Balaban J connectivity index is 1.69. The monoisotopic (exact) mass is 451 g/mol. The van der Waals surface area contributed by atoms with Crippen LogP contribution in [0.15, 0.2) is 56.7 Å². The van der Waals surface area contributed by atoms with Crippen LogP contribution < -0.4 is 21.3 Å². The van der Waals surface area contributed by atoms with Crippen molar-refractivity contribution in [2.24, 2.45) is 0 Å². The van der Waals surface area contributed by atoms with Crippen LogP contribution in [0, 0.1) is 6.92 Å². The lowest BCUT2D eigenvalue weighted by Crippen LogP contribution is -2.43. The summed E-state index contributed by atoms with van der Waals surface area (Å²) in [6.07, 6.45) is 1.48. The standard InChI is InChI=1S/C23H25N5O5/c1-4-28-21-20(15(2)25-28)26(23(31)27(22(21)30)13-18-6-5-11-33-18)14-19(29)24-12-16-7-9-17(32-3)10-8-16/h5-11H,4,12-14H2,1-3H3,(H,24,29). The molecule has 0 bridgehead atoms. The first-order valence-corrected chi connectivity index (χ1v) is 10.6. The molecule has 4 rings (SSSR count). The van der Waals surface area contributed by atoms with Crippen LogP contribution in [0.4, 0.5) is 0 Å². The number of benzene rings is 1. The van der Waals surface area contributed by atoms with Gasteiger partial charge in [-0.1, -0.05) is 12.1 Å². The summed E-state index contributed by atoms with van der Waals surface area (Å²) >= 11 is 0. The Morgan fingerprint density at radius 1 is 1.12 bits per heavy atom. The molecule has 0 aliphatic heterocycles. The minimum absolute atomic E-state index is 0.0397. The fourth-order valence-electron chi connectivity index (χ4n) is 3.78. The van der Waals surface area contributed by atoms with Crippen molar-refractivity contribution in [3.8, 4) is 5.75 Å². The van der Waals surface area contributed by atoms with Gasteiger partial charge < -0.3 is 14.5 Å². The van der Waals surface area contributed by atoms with Crippen molar-refractivity contribution in [1.82, 2.24) is 24.2 Å². The van der Waals surface area contributed by atoms with E-state index in [1.54, 1.807) is 30.8 Å². The van der Waals surface area contributed by atoms with E-state index in [0.29, 0.717) is 30.1 Å². The van der Waals surface area contributed by atoms with Crippen molar-refractivity contribution in [3.63, 3.8) is 0 Å². The molecule has 3 heterocycles. The van der Waals surface area contributed by atoms with Gasteiger partial charge in [0.2, 0.25) is 5.91 Å². The second-order valence-corrected chi connectivity index (χ2v) is 7.56. The average Bonchev–Trinajstić information content (AvgIpc) is 3.46. The number of aryl methyl sites for hydroxylation is 2. The third-order valence-corrected chi connectivity index (χ3v) is 5.42. The molecular formula is C23H25N5O5. The predicted molar refractivity (Wildman–Crippen MR) is 121 cm³/mol. The van der Waals surface area contributed by atoms with Gasteiger partial charge >= 0.3 is 5.69 Å². The molecule has 1 aromatic carbocycles. The number of fused-ring (bicyclic) bond motifs is 1. The molecule has 0 saturated heterocycles. The number of furan rings is 1. The van der Waals surface area contributed by atoms with Gasteiger partial charge in [-0.15, -0.1) is 0 Å². The van der Waals surface area contributed by atoms with Gasteiger partial charge in [0.05, 0.1) is 25.6 Å². The van der Waals surface area contributed by atoms with Gasteiger partial charge in [0.1, 0.15) is 23.6 Å². The average molecular weight is 451 g/mol. The molecule has 10 nitrogen and oxygen atoms in total. The number of hydrogen-bond donors (Lipinski definition) is 1. The van der Waals surface area contributed by atoms with E-state index in [1.807, 2.05) is 31.2 Å². The minimum atomic E-state index is -0.595. The maximum absolute atomic E-state index is 13.3. The molecule has 0 spiro atoms. The largest absolute Gasteiger partial charge is 0.497 e. The van der Waals surface area contributed by atoms with E-state index in [9.17, 15) is 14.4 Å². The SMILES string of the molecule is CCn1nc(C)c2c1c(=O)n(Cc1ccco1)c(=O)n2CC(=O)NCc1ccc(OC)cc1. The summed E-state index contributed by atoms with van der Waals surface area (Å²) in [5, 5.41) is 7.23. The van der Waals surface area contributed by atoms with E-state index in [0.717, 1.165) is 15.9 Å². The molecule has 3 aromatic heterocycles. The Bertz CT molecular complexity index is 1390. The van der Waals surface area contributed by atoms with Crippen molar-refractivity contribution >= 4 is 16.9 Å². The number of aromatic nitrogens is 4. The second-order valence-electron chi connectivity index (χ2n) is 7.56. The number of methoxy groups -OCH3 is 1. The smallest absolute Gasteiger partial charge is 0.332 e. The van der Waals surface area contributed by atoms with Crippen LogP contribution in [0.5, 0.6) is 5.75 Å². The van der Waals surface area contributed by atoms with E-state index in [1.165, 1.54) is 10.8 Å². The Kier molecular flexibility index (Phi) is 6.16. The first kappa shape index (κ1) is 22.1. The number of hydrogen-bond acceptors (Lipinski definition) is 6. The van der Waals surface area contributed by atoms with Gasteiger partial charge in [0, 0.05) is 13.1 Å². The summed E-state index contributed by atoms with van der Waals surface area (Å²) in [5.41, 5.74) is 0.978. The highest BCUT2D eigenvalue weighted by atomic mass is 16.5. The van der Waals surface area contributed by atoms with Crippen molar-refractivity contribution < 1.29 is 13.9 Å². The summed E-state index contributed by atoms with van der Waals surface area (Å²) < 4.78 is 14.4. The van der Waals surface area contributed by atoms with E-state index < -0.39 is 11.2 Å². The lowest BCUT2D eigenvalue weighted by atomic mass is 10.2. The van der Waals surface area contributed by atoms with Gasteiger partial charge in [0.25, 0.3) is 5.56 Å². The number of rotatable bonds is 8. The normalized spacial score (nSPS) is 11.1. The van der Waals surface area contributed by atoms with Gasteiger partial charge in [-0.05, 0) is 43.7 Å². The number of carbonyl (C=O) groups excluding carboxylic acids is 1. The molecule has 10 heteroatoms. The first-order chi connectivity index (χ1) is 15.9. The highest BCUT2D eigenvalue weighted by Crippen LogP contribution is 2.14. The number of carbonyl (C=O) groups is 1. The quantitative estimate of drug-likeness (QED) is 0.436. The molecule has 0 atom stereocenters. The molecule has 0 saturated carbocycles. The molecule has 0 radical (unpaired) electrons. The molecule has 4 aromatic rings. The van der Waals surface area contributed by atoms with Gasteiger partial charge in [-0.2, -0.15) is 5.10 Å². The topological polar surface area (TPSA) is 113 Å². The van der Waals surface area contributed by atoms with E-state index in [4.69, 9.17) is 9.15 Å². The maximum Gasteiger partial charge on any atom is 0.332 e. The van der Waals surface area contributed by atoms with Gasteiger partial charge in [-0.25, -0.2) is 4.79 Å². The number of amides is 1. The lowest BCUT2D eigenvalue weighted by molar-refractivity contribution is -0.121. The summed E-state index contributed by atoms with van der Waals surface area (Å²) in [7, 11) is 1.59. The third kappa shape index (κ3) is 4.32. The van der Waals surface area contributed by atoms with E-state index >= 15 is 0 Å². The van der Waals surface area contributed by atoms with Crippen LogP contribution in [-0.4, -0.2) is 31.9 Å². The second kappa shape index (κ2) is 9.19. The van der Waals surface area contributed by atoms with Crippen LogP contribution in [-0.2, 0) is 31.0 Å². The Morgan fingerprint density at radius 3 is 2.52 bits per heavy atom. The fourth-order valence-corrected chi connectivity index (χ4v) is 3.78. The van der Waals surface area contributed by atoms with Crippen molar-refractivity contribution in [3.05, 3.63) is 80.5 Å². The van der Waals surface area contributed by atoms with Crippen LogP contribution in [0.2, 0.25) is 0 Å². The van der Waals surface area contributed by atoms with E-state index in [2.05, 4.69) is 10.4 Å². The Hall–Kier alpha value is -4.08. The van der Waals surface area contributed by atoms with Crippen LogP contribution >= 0.6 is 0 Å². The summed E-state index contributed by atoms with van der Waals surface area (Å²) in [6.45, 7) is 4.03. The van der Waals surface area contributed by atoms with Gasteiger partial charge in [0.15, 0.2) is 5.52 Å². The highest BCUT2D eigenvalue weighted by Gasteiger charge is 2.22.